The second-order valence-corrected chi connectivity index (χ2v) is 3.61. The summed E-state index contributed by atoms with van der Waals surface area (Å²) in [7, 11) is 0. The van der Waals surface area contributed by atoms with Crippen LogP contribution >= 0.6 is 0 Å². The topological polar surface area (TPSA) is 39.4 Å². The summed E-state index contributed by atoms with van der Waals surface area (Å²) >= 11 is 0. The lowest BCUT2D eigenvalue weighted by Gasteiger charge is -2.00. The van der Waals surface area contributed by atoms with E-state index in [0.717, 1.165) is 22.3 Å². The summed E-state index contributed by atoms with van der Waals surface area (Å²) < 4.78 is 10.5. The highest BCUT2D eigenvalue weighted by molar-refractivity contribution is 5.86. The van der Waals surface area contributed by atoms with Gasteiger partial charge in [0.1, 0.15) is 11.3 Å². The molecule has 2 rings (SSSR count). The fourth-order valence-corrected chi connectivity index (χ4v) is 1.80. The lowest BCUT2D eigenvalue weighted by atomic mass is 10.1. The summed E-state index contributed by atoms with van der Waals surface area (Å²) in [6.07, 6.45) is 0.274. The third-order valence-electron chi connectivity index (χ3n) is 2.53. The van der Waals surface area contributed by atoms with E-state index >= 15 is 0 Å². The molecular weight excluding hydrogens is 204 g/mol. The van der Waals surface area contributed by atoms with Crippen LogP contribution in [0.2, 0.25) is 0 Å². The van der Waals surface area contributed by atoms with Crippen molar-refractivity contribution in [1.82, 2.24) is 0 Å². The zero-order valence-corrected chi connectivity index (χ0v) is 9.45. The van der Waals surface area contributed by atoms with E-state index in [9.17, 15) is 4.79 Å². The fraction of sp³-hybridized carbons (Fsp3) is 0.308. The van der Waals surface area contributed by atoms with Gasteiger partial charge >= 0.3 is 5.97 Å². The Labute approximate surface area is 94.0 Å². The van der Waals surface area contributed by atoms with Crippen LogP contribution in [0, 0.1) is 6.92 Å². The molecule has 1 heterocycles. The molecule has 0 bridgehead atoms. The van der Waals surface area contributed by atoms with E-state index in [1.165, 1.54) is 0 Å². The van der Waals surface area contributed by atoms with E-state index in [0.29, 0.717) is 6.61 Å². The molecule has 3 heteroatoms. The summed E-state index contributed by atoms with van der Waals surface area (Å²) in [6.45, 7) is 4.08. The zero-order chi connectivity index (χ0) is 11.5. The first-order valence-corrected chi connectivity index (χ1v) is 5.35. The molecule has 0 saturated heterocycles. The number of ether oxygens (including phenoxy) is 1. The quantitative estimate of drug-likeness (QED) is 0.743. The highest BCUT2D eigenvalue weighted by atomic mass is 16.5. The second-order valence-electron chi connectivity index (χ2n) is 3.61. The highest BCUT2D eigenvalue weighted by Crippen LogP contribution is 2.25. The molecule has 0 aliphatic carbocycles. The number of fused-ring (bicyclic) bond motifs is 1. The van der Waals surface area contributed by atoms with Gasteiger partial charge in [-0.05, 0) is 19.9 Å². The Kier molecular flexibility index (Phi) is 2.95. The van der Waals surface area contributed by atoms with Gasteiger partial charge in [-0.2, -0.15) is 0 Å². The van der Waals surface area contributed by atoms with Gasteiger partial charge in [-0.1, -0.05) is 18.2 Å². The van der Waals surface area contributed by atoms with Crippen molar-refractivity contribution in [2.75, 3.05) is 6.61 Å². The Morgan fingerprint density at radius 3 is 2.88 bits per heavy atom. The first-order chi connectivity index (χ1) is 7.72. The van der Waals surface area contributed by atoms with E-state index < -0.39 is 0 Å². The van der Waals surface area contributed by atoms with E-state index in [1.807, 2.05) is 31.2 Å². The molecule has 84 valence electrons. The lowest BCUT2D eigenvalue weighted by molar-refractivity contribution is -0.142. The van der Waals surface area contributed by atoms with Crippen LogP contribution in [0.4, 0.5) is 0 Å². The minimum absolute atomic E-state index is 0.211. The number of furan rings is 1. The maximum atomic E-state index is 11.4. The number of carbonyl (C=O) groups is 1. The average molecular weight is 218 g/mol. The van der Waals surface area contributed by atoms with E-state index in [2.05, 4.69) is 0 Å². The molecule has 0 amide bonds. The summed E-state index contributed by atoms with van der Waals surface area (Å²) in [5.74, 6) is 0.575. The van der Waals surface area contributed by atoms with Crippen molar-refractivity contribution < 1.29 is 13.9 Å². The van der Waals surface area contributed by atoms with Gasteiger partial charge in [0.25, 0.3) is 0 Å². The summed E-state index contributed by atoms with van der Waals surface area (Å²) in [4.78, 5) is 11.4. The molecule has 0 aliphatic heterocycles. The molecule has 0 fully saturated rings. The minimum atomic E-state index is -0.211. The van der Waals surface area contributed by atoms with Crippen LogP contribution in [0.3, 0.4) is 0 Å². The fourth-order valence-electron chi connectivity index (χ4n) is 1.80. The van der Waals surface area contributed by atoms with Crippen LogP contribution in [-0.2, 0) is 16.0 Å². The van der Waals surface area contributed by atoms with Crippen molar-refractivity contribution in [3.63, 3.8) is 0 Å². The highest BCUT2D eigenvalue weighted by Gasteiger charge is 2.14. The molecule has 0 aliphatic rings. The molecular formula is C13H14O3. The van der Waals surface area contributed by atoms with Crippen molar-refractivity contribution >= 4 is 16.9 Å². The SMILES string of the molecule is CCOC(=O)Cc1c(C)oc2ccccc12. The first kappa shape index (κ1) is 10.7. The van der Waals surface area contributed by atoms with Crippen LogP contribution in [-0.4, -0.2) is 12.6 Å². The Hall–Kier alpha value is -1.77. The molecule has 0 saturated carbocycles. The van der Waals surface area contributed by atoms with Crippen LogP contribution in [0.25, 0.3) is 11.0 Å². The predicted molar refractivity (Wildman–Crippen MR) is 61.3 cm³/mol. The number of carbonyl (C=O) groups excluding carboxylic acids is 1. The number of para-hydroxylation sites is 1. The minimum Gasteiger partial charge on any atom is -0.466 e. The van der Waals surface area contributed by atoms with Crippen LogP contribution in [0.1, 0.15) is 18.2 Å². The van der Waals surface area contributed by atoms with E-state index in [-0.39, 0.29) is 12.4 Å². The van der Waals surface area contributed by atoms with Crippen molar-refractivity contribution in [2.24, 2.45) is 0 Å². The lowest BCUT2D eigenvalue weighted by Crippen LogP contribution is -2.07. The molecule has 1 aromatic carbocycles. The van der Waals surface area contributed by atoms with Gasteiger partial charge in [-0.15, -0.1) is 0 Å². The molecule has 3 nitrogen and oxygen atoms in total. The van der Waals surface area contributed by atoms with E-state index in [1.54, 1.807) is 6.92 Å². The molecule has 0 radical (unpaired) electrons. The van der Waals surface area contributed by atoms with Gasteiger partial charge in [0.2, 0.25) is 0 Å². The number of rotatable bonds is 3. The summed E-state index contributed by atoms with van der Waals surface area (Å²) in [5.41, 5.74) is 1.74. The third-order valence-corrected chi connectivity index (χ3v) is 2.53. The number of hydrogen-bond acceptors (Lipinski definition) is 3. The molecule has 2 aromatic rings. The van der Waals surface area contributed by atoms with Crippen molar-refractivity contribution in [3.8, 4) is 0 Å². The van der Waals surface area contributed by atoms with E-state index in [4.69, 9.17) is 9.15 Å². The molecule has 16 heavy (non-hydrogen) atoms. The first-order valence-electron chi connectivity index (χ1n) is 5.35. The molecule has 0 N–H and O–H groups in total. The Morgan fingerprint density at radius 2 is 2.12 bits per heavy atom. The number of benzene rings is 1. The largest absolute Gasteiger partial charge is 0.466 e. The Morgan fingerprint density at radius 1 is 1.38 bits per heavy atom. The smallest absolute Gasteiger partial charge is 0.310 e. The third kappa shape index (κ3) is 1.94. The second kappa shape index (κ2) is 4.39. The van der Waals surface area contributed by atoms with Gasteiger partial charge in [0, 0.05) is 10.9 Å². The summed E-state index contributed by atoms with van der Waals surface area (Å²) in [6, 6.07) is 7.71. The normalized spacial score (nSPS) is 10.6. The Balaban J connectivity index is 2.36. The van der Waals surface area contributed by atoms with Gasteiger partial charge in [0.15, 0.2) is 0 Å². The number of aryl methyl sites for hydroxylation is 1. The number of hydrogen-bond donors (Lipinski definition) is 0. The standard InChI is InChI=1S/C13H14O3/c1-3-15-13(14)8-11-9(2)16-12-7-5-4-6-10(11)12/h4-7H,3,8H2,1-2H3. The van der Waals surface area contributed by atoms with Crippen molar-refractivity contribution in [2.45, 2.75) is 20.3 Å². The van der Waals surface area contributed by atoms with Gasteiger partial charge in [0.05, 0.1) is 13.0 Å². The van der Waals surface area contributed by atoms with Gasteiger partial charge in [-0.25, -0.2) is 0 Å². The maximum absolute atomic E-state index is 11.4. The van der Waals surface area contributed by atoms with Gasteiger partial charge < -0.3 is 9.15 Å². The van der Waals surface area contributed by atoms with Crippen molar-refractivity contribution in [1.29, 1.82) is 0 Å². The molecule has 0 atom stereocenters. The van der Waals surface area contributed by atoms with Crippen LogP contribution < -0.4 is 0 Å². The summed E-state index contributed by atoms with van der Waals surface area (Å²) in [5, 5.41) is 0.994. The predicted octanol–water partition coefficient (Wildman–Crippen LogP) is 2.85. The molecule has 0 spiro atoms. The molecule has 0 unspecified atom stereocenters. The zero-order valence-electron chi connectivity index (χ0n) is 9.45. The van der Waals surface area contributed by atoms with Gasteiger partial charge in [-0.3, -0.25) is 4.79 Å². The van der Waals surface area contributed by atoms with Crippen LogP contribution in [0.5, 0.6) is 0 Å². The van der Waals surface area contributed by atoms with Crippen molar-refractivity contribution in [3.05, 3.63) is 35.6 Å². The van der Waals surface area contributed by atoms with Crippen LogP contribution in [0.15, 0.2) is 28.7 Å². The Bertz CT molecular complexity index is 511. The average Bonchev–Trinajstić information content (AvgIpc) is 2.56. The monoisotopic (exact) mass is 218 g/mol. The molecule has 1 aromatic heterocycles. The number of esters is 1. The maximum Gasteiger partial charge on any atom is 0.310 e.